The number of benzene rings is 1. The van der Waals surface area contributed by atoms with Gasteiger partial charge in [-0.05, 0) is 17.9 Å². The van der Waals surface area contributed by atoms with Gasteiger partial charge in [0.2, 0.25) is 0 Å². The minimum absolute atomic E-state index is 0. The van der Waals surface area contributed by atoms with E-state index < -0.39 is 0 Å². The molecule has 1 nitrogen and oxygen atoms in total. The number of nitrogens with zero attached hydrogens (tertiary/aromatic N) is 1. The standard InChI is InChI=1S/C7H4NS.Li/c9-6-8-7-4-2-1-3-5-7;/h1-4H;/q-1;+1. The van der Waals surface area contributed by atoms with Crippen LogP contribution in [-0.4, -0.2) is 5.16 Å². The molecule has 0 spiro atoms. The molecule has 0 aliphatic rings. The van der Waals surface area contributed by atoms with Gasteiger partial charge in [-0.25, -0.2) is 4.99 Å². The molecule has 0 aliphatic heterocycles. The Hall–Kier alpha value is -0.383. The van der Waals surface area contributed by atoms with E-state index >= 15 is 0 Å². The van der Waals surface area contributed by atoms with Crippen molar-refractivity contribution in [3.05, 3.63) is 30.3 Å². The van der Waals surface area contributed by atoms with Crippen LogP contribution in [0.15, 0.2) is 29.3 Å². The number of hydrogen-bond donors (Lipinski definition) is 0. The molecule has 0 fully saturated rings. The van der Waals surface area contributed by atoms with Crippen LogP contribution in [0.4, 0.5) is 5.69 Å². The Kier molecular flexibility index (Phi) is 5.20. The third-order valence-electron chi connectivity index (χ3n) is 0.859. The van der Waals surface area contributed by atoms with Gasteiger partial charge >= 0.3 is 18.9 Å². The van der Waals surface area contributed by atoms with E-state index in [1.165, 1.54) is 0 Å². The Bertz CT molecular complexity index is 229. The van der Waals surface area contributed by atoms with E-state index in [1.807, 2.05) is 18.2 Å². The molecule has 0 heterocycles. The van der Waals surface area contributed by atoms with Crippen LogP contribution in [0.5, 0.6) is 0 Å². The molecule has 0 bridgehead atoms. The Balaban J connectivity index is 0.000000810. The molecule has 1 aromatic carbocycles. The molecule has 0 saturated heterocycles. The van der Waals surface area contributed by atoms with Crippen molar-refractivity contribution >= 4 is 23.1 Å². The zero-order chi connectivity index (χ0) is 6.53. The molecular weight excluding hydrogens is 137 g/mol. The first-order valence-electron chi connectivity index (χ1n) is 2.48. The molecule has 0 aliphatic carbocycles. The molecule has 0 atom stereocenters. The van der Waals surface area contributed by atoms with Gasteiger partial charge in [0.25, 0.3) is 0 Å². The van der Waals surface area contributed by atoms with Gasteiger partial charge in [-0.1, -0.05) is 0 Å². The number of hydrogen-bond acceptors (Lipinski definition) is 2. The Morgan fingerprint density at radius 1 is 1.50 bits per heavy atom. The van der Waals surface area contributed by atoms with Gasteiger partial charge in [0.15, 0.2) is 0 Å². The fourth-order valence-electron chi connectivity index (χ4n) is 0.503. The van der Waals surface area contributed by atoms with Gasteiger partial charge in [0, 0.05) is 0 Å². The molecule has 0 aromatic heterocycles. The summed E-state index contributed by atoms with van der Waals surface area (Å²) in [5.74, 6) is 0. The molecule has 1 rings (SSSR count). The minimum Gasteiger partial charge on any atom is -0.222 e. The molecule has 0 unspecified atom stereocenters. The Morgan fingerprint density at radius 2 is 2.30 bits per heavy atom. The molecule has 1 aromatic rings. The maximum Gasteiger partial charge on any atom is 1.00 e. The molecule has 0 radical (unpaired) electrons. The zero-order valence-electron chi connectivity index (χ0n) is 5.66. The number of para-hydroxylation sites is 1. The second-order valence-electron chi connectivity index (χ2n) is 1.45. The van der Waals surface area contributed by atoms with E-state index in [2.05, 4.69) is 28.4 Å². The van der Waals surface area contributed by atoms with Crippen LogP contribution in [0.1, 0.15) is 0 Å². The number of rotatable bonds is 1. The van der Waals surface area contributed by atoms with Crippen LogP contribution < -0.4 is 18.9 Å². The predicted molar refractivity (Wildman–Crippen MR) is 40.0 cm³/mol. The van der Waals surface area contributed by atoms with Crippen LogP contribution in [0.2, 0.25) is 0 Å². The van der Waals surface area contributed by atoms with E-state index in [0.717, 1.165) is 5.69 Å². The monoisotopic (exact) mass is 141 g/mol. The summed E-state index contributed by atoms with van der Waals surface area (Å²) < 4.78 is 0. The number of thiocarbonyl (C=S) groups is 1. The second kappa shape index (κ2) is 5.41. The van der Waals surface area contributed by atoms with E-state index in [9.17, 15) is 0 Å². The van der Waals surface area contributed by atoms with Crippen molar-refractivity contribution in [1.29, 1.82) is 0 Å². The van der Waals surface area contributed by atoms with Gasteiger partial charge in [0.05, 0.1) is 5.16 Å². The van der Waals surface area contributed by atoms with Crippen LogP contribution in [0, 0.1) is 6.07 Å². The summed E-state index contributed by atoms with van der Waals surface area (Å²) in [7, 11) is 0. The van der Waals surface area contributed by atoms with Crippen LogP contribution in [0.25, 0.3) is 0 Å². The van der Waals surface area contributed by atoms with E-state index in [1.54, 1.807) is 6.07 Å². The smallest absolute Gasteiger partial charge is 0.222 e. The maximum atomic E-state index is 4.40. The van der Waals surface area contributed by atoms with Crippen molar-refractivity contribution in [2.24, 2.45) is 4.99 Å². The molecule has 0 amide bonds. The molecule has 0 N–H and O–H groups in total. The first-order valence-corrected chi connectivity index (χ1v) is 2.89. The molecular formula is C7H4LiNS. The average Bonchev–Trinajstić information content (AvgIpc) is 1.91. The largest absolute Gasteiger partial charge is 1.00 e. The van der Waals surface area contributed by atoms with Crippen molar-refractivity contribution in [2.45, 2.75) is 0 Å². The van der Waals surface area contributed by atoms with Gasteiger partial charge < -0.3 is 0 Å². The first kappa shape index (κ1) is 9.62. The van der Waals surface area contributed by atoms with Gasteiger partial charge in [-0.2, -0.15) is 24.3 Å². The Morgan fingerprint density at radius 3 is 2.80 bits per heavy atom. The van der Waals surface area contributed by atoms with Crippen molar-refractivity contribution in [2.75, 3.05) is 0 Å². The van der Waals surface area contributed by atoms with E-state index in [4.69, 9.17) is 0 Å². The van der Waals surface area contributed by atoms with Gasteiger partial charge in [-0.15, -0.1) is 6.07 Å². The third-order valence-corrected chi connectivity index (χ3v) is 0.950. The van der Waals surface area contributed by atoms with Crippen molar-refractivity contribution in [1.82, 2.24) is 0 Å². The van der Waals surface area contributed by atoms with Crippen molar-refractivity contribution in [3.8, 4) is 0 Å². The maximum absolute atomic E-state index is 4.40. The second-order valence-corrected chi connectivity index (χ2v) is 1.63. The zero-order valence-corrected chi connectivity index (χ0v) is 6.48. The summed E-state index contributed by atoms with van der Waals surface area (Å²) in [4.78, 5) is 3.72. The van der Waals surface area contributed by atoms with E-state index in [-0.39, 0.29) is 18.9 Å². The predicted octanol–water partition coefficient (Wildman–Crippen LogP) is -0.775. The van der Waals surface area contributed by atoms with Gasteiger partial charge in [0.1, 0.15) is 0 Å². The van der Waals surface area contributed by atoms with Crippen LogP contribution >= 0.6 is 12.2 Å². The first-order chi connectivity index (χ1) is 4.43. The fourth-order valence-corrected chi connectivity index (χ4v) is 0.601. The third kappa shape index (κ3) is 2.96. The topological polar surface area (TPSA) is 12.4 Å². The summed E-state index contributed by atoms with van der Waals surface area (Å²) in [6.45, 7) is 0. The molecule has 0 saturated carbocycles. The van der Waals surface area contributed by atoms with Gasteiger partial charge in [-0.3, -0.25) is 0 Å². The summed E-state index contributed by atoms with van der Waals surface area (Å²) in [5.41, 5.74) is 0.729. The van der Waals surface area contributed by atoms with Crippen LogP contribution in [0.3, 0.4) is 0 Å². The summed E-state index contributed by atoms with van der Waals surface area (Å²) in [6, 6.07) is 10.2. The van der Waals surface area contributed by atoms with Crippen molar-refractivity contribution < 1.29 is 18.9 Å². The molecule has 10 heavy (non-hydrogen) atoms. The quantitative estimate of drug-likeness (QED) is 0.216. The molecule has 3 heteroatoms. The molecule has 44 valence electrons. The van der Waals surface area contributed by atoms with Crippen molar-refractivity contribution in [3.63, 3.8) is 0 Å². The number of isothiocyanates is 1. The summed E-state index contributed by atoms with van der Waals surface area (Å²) >= 11 is 4.40. The number of aliphatic imine (C=N–C) groups is 1. The SMILES string of the molecule is S=C=Nc1[c-]cccc1.[Li+]. The summed E-state index contributed by atoms with van der Waals surface area (Å²) in [6.07, 6.45) is 0. The minimum atomic E-state index is 0. The van der Waals surface area contributed by atoms with Crippen LogP contribution in [-0.2, 0) is 0 Å². The average molecular weight is 141 g/mol. The van der Waals surface area contributed by atoms with E-state index in [0.29, 0.717) is 0 Å². The fraction of sp³-hybridized carbons (Fsp3) is 0. The Labute approximate surface area is 77.3 Å². The normalized spacial score (nSPS) is 7.20. The summed E-state index contributed by atoms with van der Waals surface area (Å²) in [5, 5.41) is 2.26.